The van der Waals surface area contributed by atoms with Crippen LogP contribution in [0.2, 0.25) is 0 Å². The molecule has 1 aromatic heterocycles. The number of amides is 2. The molecule has 4 rings (SSSR count). The van der Waals surface area contributed by atoms with Crippen molar-refractivity contribution in [3.05, 3.63) is 76.4 Å². The number of carbonyl (C=O) groups excluding carboxylic acids is 1. The fraction of sp³-hybridized carbons (Fsp3) is 0.360. The summed E-state index contributed by atoms with van der Waals surface area (Å²) in [4.78, 5) is 26.2. The number of aromatic nitrogens is 3. The summed E-state index contributed by atoms with van der Waals surface area (Å²) in [5.74, 6) is -0.688. The van der Waals surface area contributed by atoms with Crippen LogP contribution in [0.25, 0.3) is 0 Å². The van der Waals surface area contributed by atoms with Crippen LogP contribution in [-0.2, 0) is 13.0 Å². The normalized spacial score (nSPS) is 15.7. The minimum atomic E-state index is -0.929. The predicted octanol–water partition coefficient (Wildman–Crippen LogP) is 4.65. The smallest absolute Gasteiger partial charge is 0.407 e. The molecule has 0 spiro atoms. The molecule has 2 amide bonds. The molecule has 3 aromatic rings. The Bertz CT molecular complexity index is 1230. The summed E-state index contributed by atoms with van der Waals surface area (Å²) in [5, 5.41) is 20.7. The number of rotatable bonds is 4. The van der Waals surface area contributed by atoms with Crippen LogP contribution >= 0.6 is 0 Å². The molecule has 178 valence electrons. The van der Waals surface area contributed by atoms with Crippen LogP contribution in [0.5, 0.6) is 0 Å². The van der Waals surface area contributed by atoms with Crippen molar-refractivity contribution in [3.8, 4) is 0 Å². The van der Waals surface area contributed by atoms with Crippen LogP contribution in [0, 0.1) is 18.2 Å². The number of benzene rings is 2. The molecule has 0 unspecified atom stereocenters. The number of carboxylic acid groups (broad SMARTS) is 1. The standard InChI is InChI=1S/C25H28FN5O3/c1-15-21(28-29-31(15)14-16-5-7-18(26)8-6-16)23(32)27-19-9-10-20-17(13-19)11-12-30(24(33)34)22(20)25(2,3)4/h5-10,13,22H,11-12,14H2,1-4H3,(H,27,32)(H,33,34)/t22-/m1/s1. The first-order chi connectivity index (χ1) is 16.0. The van der Waals surface area contributed by atoms with Crippen LogP contribution in [0.15, 0.2) is 42.5 Å². The molecule has 0 radical (unpaired) electrons. The average Bonchev–Trinajstić information content (AvgIpc) is 3.13. The van der Waals surface area contributed by atoms with E-state index in [0.717, 1.165) is 16.7 Å². The Morgan fingerprint density at radius 3 is 2.53 bits per heavy atom. The van der Waals surface area contributed by atoms with Gasteiger partial charge in [0.15, 0.2) is 5.69 Å². The maximum atomic E-state index is 13.1. The van der Waals surface area contributed by atoms with Gasteiger partial charge in [-0.2, -0.15) is 0 Å². The lowest BCUT2D eigenvalue weighted by atomic mass is 9.77. The molecule has 2 aromatic carbocycles. The first-order valence-corrected chi connectivity index (χ1v) is 11.1. The molecule has 34 heavy (non-hydrogen) atoms. The Kier molecular flexibility index (Phi) is 6.12. The van der Waals surface area contributed by atoms with E-state index in [1.807, 2.05) is 32.9 Å². The van der Waals surface area contributed by atoms with Gasteiger partial charge in [0.05, 0.1) is 18.3 Å². The zero-order valence-electron chi connectivity index (χ0n) is 19.7. The largest absolute Gasteiger partial charge is 0.465 e. The van der Waals surface area contributed by atoms with Crippen LogP contribution < -0.4 is 5.32 Å². The van der Waals surface area contributed by atoms with Gasteiger partial charge < -0.3 is 15.3 Å². The molecule has 9 heteroatoms. The van der Waals surface area contributed by atoms with Crippen molar-refractivity contribution in [2.75, 3.05) is 11.9 Å². The summed E-state index contributed by atoms with van der Waals surface area (Å²) in [7, 11) is 0. The average molecular weight is 466 g/mol. The predicted molar refractivity (Wildman–Crippen MR) is 125 cm³/mol. The van der Waals surface area contributed by atoms with Crippen molar-refractivity contribution in [1.82, 2.24) is 19.9 Å². The van der Waals surface area contributed by atoms with Crippen molar-refractivity contribution in [3.63, 3.8) is 0 Å². The highest BCUT2D eigenvalue weighted by Crippen LogP contribution is 2.42. The maximum Gasteiger partial charge on any atom is 0.407 e. The molecule has 2 heterocycles. The minimum Gasteiger partial charge on any atom is -0.465 e. The van der Waals surface area contributed by atoms with Crippen molar-refractivity contribution in [2.45, 2.75) is 46.7 Å². The van der Waals surface area contributed by atoms with E-state index in [2.05, 4.69) is 15.6 Å². The molecule has 8 nitrogen and oxygen atoms in total. The molecule has 1 atom stereocenters. The fourth-order valence-corrected chi connectivity index (χ4v) is 4.52. The Balaban J connectivity index is 1.53. The van der Waals surface area contributed by atoms with Crippen molar-refractivity contribution >= 4 is 17.7 Å². The highest BCUT2D eigenvalue weighted by molar-refractivity contribution is 6.03. The first kappa shape index (κ1) is 23.4. The van der Waals surface area contributed by atoms with E-state index in [-0.39, 0.29) is 28.9 Å². The van der Waals surface area contributed by atoms with E-state index in [9.17, 15) is 19.1 Å². The summed E-state index contributed by atoms with van der Waals surface area (Å²) in [6, 6.07) is 11.4. The van der Waals surface area contributed by atoms with Gasteiger partial charge in [0.25, 0.3) is 5.91 Å². The van der Waals surface area contributed by atoms with Gasteiger partial charge in [-0.1, -0.05) is 44.2 Å². The second-order valence-electron chi connectivity index (χ2n) is 9.67. The third-order valence-corrected chi connectivity index (χ3v) is 6.14. The first-order valence-electron chi connectivity index (χ1n) is 11.1. The van der Waals surface area contributed by atoms with Gasteiger partial charge in [0, 0.05) is 12.2 Å². The number of hydrogen-bond donors (Lipinski definition) is 2. The molecule has 0 saturated carbocycles. The Labute approximate surface area is 197 Å². The van der Waals surface area contributed by atoms with Gasteiger partial charge in [0.1, 0.15) is 5.82 Å². The monoisotopic (exact) mass is 465 g/mol. The van der Waals surface area contributed by atoms with Gasteiger partial charge in [0.2, 0.25) is 0 Å². The van der Waals surface area contributed by atoms with E-state index in [1.54, 1.807) is 29.8 Å². The number of hydrogen-bond acceptors (Lipinski definition) is 4. The minimum absolute atomic E-state index is 0.212. The van der Waals surface area contributed by atoms with E-state index in [1.165, 1.54) is 17.0 Å². The van der Waals surface area contributed by atoms with Gasteiger partial charge in [-0.15, -0.1) is 5.10 Å². The van der Waals surface area contributed by atoms with E-state index < -0.39 is 6.09 Å². The molecule has 1 aliphatic rings. The Morgan fingerprint density at radius 1 is 1.18 bits per heavy atom. The molecule has 2 N–H and O–H groups in total. The lowest BCUT2D eigenvalue weighted by Gasteiger charge is -2.43. The number of carbonyl (C=O) groups is 2. The van der Waals surface area contributed by atoms with Gasteiger partial charge in [-0.25, -0.2) is 13.9 Å². The zero-order chi connectivity index (χ0) is 24.6. The molecular formula is C25H28FN5O3. The number of nitrogens with zero attached hydrogens (tertiary/aromatic N) is 4. The lowest BCUT2D eigenvalue weighted by molar-refractivity contribution is 0.0759. The van der Waals surface area contributed by atoms with Crippen molar-refractivity contribution in [1.29, 1.82) is 0 Å². The maximum absolute atomic E-state index is 13.1. The topological polar surface area (TPSA) is 100 Å². The molecule has 0 saturated heterocycles. The third kappa shape index (κ3) is 4.64. The van der Waals surface area contributed by atoms with Crippen LogP contribution in [0.4, 0.5) is 14.9 Å². The highest BCUT2D eigenvalue weighted by atomic mass is 19.1. The molecule has 1 aliphatic heterocycles. The Hall–Kier alpha value is -3.75. The molecule has 0 fully saturated rings. The zero-order valence-corrected chi connectivity index (χ0v) is 19.7. The van der Waals surface area contributed by atoms with Gasteiger partial charge in [-0.3, -0.25) is 4.79 Å². The van der Waals surface area contributed by atoms with Crippen LogP contribution in [-0.4, -0.2) is 43.5 Å². The van der Waals surface area contributed by atoms with E-state index >= 15 is 0 Å². The summed E-state index contributed by atoms with van der Waals surface area (Å²) in [5.41, 5.74) is 3.98. The van der Waals surface area contributed by atoms with E-state index in [0.29, 0.717) is 30.9 Å². The summed E-state index contributed by atoms with van der Waals surface area (Å²) in [6.07, 6.45) is -0.354. The van der Waals surface area contributed by atoms with Crippen molar-refractivity contribution in [2.24, 2.45) is 5.41 Å². The summed E-state index contributed by atoms with van der Waals surface area (Å²) in [6.45, 7) is 8.61. The quantitative estimate of drug-likeness (QED) is 0.584. The summed E-state index contributed by atoms with van der Waals surface area (Å²) >= 11 is 0. The van der Waals surface area contributed by atoms with Gasteiger partial charge >= 0.3 is 6.09 Å². The van der Waals surface area contributed by atoms with Crippen LogP contribution in [0.1, 0.15) is 59.7 Å². The van der Waals surface area contributed by atoms with Crippen LogP contribution in [0.3, 0.4) is 0 Å². The van der Waals surface area contributed by atoms with Gasteiger partial charge in [-0.05, 0) is 59.7 Å². The third-order valence-electron chi connectivity index (χ3n) is 6.14. The second-order valence-corrected chi connectivity index (χ2v) is 9.67. The fourth-order valence-electron chi connectivity index (χ4n) is 4.52. The molecule has 0 aliphatic carbocycles. The van der Waals surface area contributed by atoms with Crippen molar-refractivity contribution < 1.29 is 19.1 Å². The Morgan fingerprint density at radius 2 is 1.88 bits per heavy atom. The number of halogens is 1. The lowest BCUT2D eigenvalue weighted by Crippen LogP contribution is -2.44. The number of anilines is 1. The summed E-state index contributed by atoms with van der Waals surface area (Å²) < 4.78 is 14.7. The number of fused-ring (bicyclic) bond motifs is 1. The van der Waals surface area contributed by atoms with E-state index in [4.69, 9.17) is 0 Å². The molecular weight excluding hydrogens is 437 g/mol. The SMILES string of the molecule is Cc1c(C(=O)Nc2ccc3c(c2)CCN(C(=O)O)[C@H]3C(C)(C)C)nnn1Cc1ccc(F)cc1. The number of nitrogens with one attached hydrogen (secondary N) is 1. The highest BCUT2D eigenvalue weighted by Gasteiger charge is 2.38. The second kappa shape index (κ2) is 8.89. The molecule has 0 bridgehead atoms.